The van der Waals surface area contributed by atoms with Gasteiger partial charge < -0.3 is 5.32 Å². The Bertz CT molecular complexity index is 783. The van der Waals surface area contributed by atoms with Crippen LogP contribution in [0.3, 0.4) is 0 Å². The summed E-state index contributed by atoms with van der Waals surface area (Å²) in [5, 5.41) is 11.3. The molecule has 2 aromatic heterocycles. The van der Waals surface area contributed by atoms with Gasteiger partial charge in [-0.1, -0.05) is 18.2 Å². The zero-order valence-electron chi connectivity index (χ0n) is 12.4. The topological polar surface area (TPSA) is 46.9 Å². The van der Waals surface area contributed by atoms with Gasteiger partial charge in [0.2, 0.25) is 5.91 Å². The maximum Gasteiger partial charge on any atom is 0.224 e. The van der Waals surface area contributed by atoms with Gasteiger partial charge in [0, 0.05) is 23.7 Å². The third kappa shape index (κ3) is 4.04. The van der Waals surface area contributed by atoms with Crippen molar-refractivity contribution in [3.8, 4) is 11.3 Å². The second-order valence-corrected chi connectivity index (χ2v) is 5.87. The molecule has 0 aliphatic carbocycles. The molecule has 1 amide bonds. The molecule has 3 rings (SSSR count). The highest BCUT2D eigenvalue weighted by Crippen LogP contribution is 2.19. The van der Waals surface area contributed by atoms with Crippen LogP contribution < -0.4 is 5.32 Å². The minimum absolute atomic E-state index is 0.0476. The summed E-state index contributed by atoms with van der Waals surface area (Å²) in [6.45, 7) is 1.03. The quantitative estimate of drug-likeness (QED) is 0.755. The molecule has 0 saturated heterocycles. The molecule has 0 atom stereocenters. The number of benzene rings is 1. The average molecular weight is 329 g/mol. The van der Waals surface area contributed by atoms with Crippen LogP contribution in [-0.4, -0.2) is 22.2 Å². The molecule has 0 aliphatic heterocycles. The molecular formula is C17H16FN3OS. The van der Waals surface area contributed by atoms with Crippen molar-refractivity contribution in [2.45, 2.75) is 13.0 Å². The molecule has 0 spiro atoms. The molecule has 0 radical (unpaired) electrons. The molecule has 0 bridgehead atoms. The van der Waals surface area contributed by atoms with E-state index in [1.165, 1.54) is 6.07 Å². The van der Waals surface area contributed by atoms with E-state index in [1.54, 1.807) is 34.2 Å². The standard InChI is InChI=1S/C17H16FN3OS/c18-15-4-2-1-3-13(15)11-17(22)19-7-9-21-8-5-16(20-21)14-6-10-23-12-14/h1-6,8,10,12H,7,9,11H2,(H,19,22). The molecule has 118 valence electrons. The van der Waals surface area contributed by atoms with E-state index >= 15 is 0 Å². The number of carbonyl (C=O) groups excluding carboxylic acids is 1. The van der Waals surface area contributed by atoms with E-state index < -0.39 is 0 Å². The van der Waals surface area contributed by atoms with E-state index in [9.17, 15) is 9.18 Å². The Hall–Kier alpha value is -2.47. The molecule has 0 aliphatic rings. The van der Waals surface area contributed by atoms with Crippen LogP contribution >= 0.6 is 11.3 Å². The van der Waals surface area contributed by atoms with E-state index in [0.29, 0.717) is 18.7 Å². The minimum atomic E-state index is -0.352. The van der Waals surface area contributed by atoms with E-state index in [-0.39, 0.29) is 18.1 Å². The van der Waals surface area contributed by atoms with Crippen LogP contribution in [0.2, 0.25) is 0 Å². The van der Waals surface area contributed by atoms with Crippen molar-refractivity contribution < 1.29 is 9.18 Å². The molecular weight excluding hydrogens is 313 g/mol. The van der Waals surface area contributed by atoms with Crippen molar-refractivity contribution in [1.82, 2.24) is 15.1 Å². The van der Waals surface area contributed by atoms with Gasteiger partial charge in [-0.2, -0.15) is 16.4 Å². The minimum Gasteiger partial charge on any atom is -0.354 e. The molecule has 0 unspecified atom stereocenters. The molecule has 0 fully saturated rings. The Labute approximate surface area is 137 Å². The monoisotopic (exact) mass is 329 g/mol. The van der Waals surface area contributed by atoms with Gasteiger partial charge in [-0.25, -0.2) is 4.39 Å². The normalized spacial score (nSPS) is 10.7. The van der Waals surface area contributed by atoms with Crippen LogP contribution in [0.15, 0.2) is 53.4 Å². The third-order valence-corrected chi connectivity index (χ3v) is 4.11. The van der Waals surface area contributed by atoms with Crippen LogP contribution in [0, 0.1) is 5.82 Å². The highest BCUT2D eigenvalue weighted by Gasteiger charge is 2.07. The number of thiophene rings is 1. The smallest absolute Gasteiger partial charge is 0.224 e. The summed E-state index contributed by atoms with van der Waals surface area (Å²) in [5.74, 6) is -0.546. The molecule has 4 nitrogen and oxygen atoms in total. The molecule has 6 heteroatoms. The number of halogens is 1. The maximum atomic E-state index is 13.5. The molecule has 23 heavy (non-hydrogen) atoms. The molecule has 3 aromatic rings. The molecule has 2 heterocycles. The van der Waals surface area contributed by atoms with Crippen LogP contribution in [0.5, 0.6) is 0 Å². The number of nitrogens with one attached hydrogen (secondary N) is 1. The van der Waals surface area contributed by atoms with Gasteiger partial charge in [-0.3, -0.25) is 9.48 Å². The molecule has 1 N–H and O–H groups in total. The Morgan fingerprint density at radius 3 is 2.91 bits per heavy atom. The Balaban J connectivity index is 1.48. The van der Waals surface area contributed by atoms with Gasteiger partial charge >= 0.3 is 0 Å². The van der Waals surface area contributed by atoms with Crippen molar-refractivity contribution in [3.05, 3.63) is 64.7 Å². The SMILES string of the molecule is O=C(Cc1ccccc1F)NCCn1ccc(-c2ccsc2)n1. The predicted octanol–water partition coefficient (Wildman–Crippen LogP) is 3.11. The summed E-state index contributed by atoms with van der Waals surface area (Å²) >= 11 is 1.63. The largest absolute Gasteiger partial charge is 0.354 e. The Kier molecular flexibility index (Phi) is 4.83. The fourth-order valence-electron chi connectivity index (χ4n) is 2.24. The molecule has 0 saturated carbocycles. The van der Waals surface area contributed by atoms with E-state index in [1.807, 2.05) is 29.1 Å². The van der Waals surface area contributed by atoms with E-state index in [4.69, 9.17) is 0 Å². The van der Waals surface area contributed by atoms with Gasteiger partial charge in [0.25, 0.3) is 0 Å². The number of hydrogen-bond donors (Lipinski definition) is 1. The number of nitrogens with zero attached hydrogens (tertiary/aromatic N) is 2. The summed E-state index contributed by atoms with van der Waals surface area (Å²) < 4.78 is 15.3. The third-order valence-electron chi connectivity index (χ3n) is 3.43. The Morgan fingerprint density at radius 2 is 2.13 bits per heavy atom. The summed E-state index contributed by atoms with van der Waals surface area (Å²) in [5.41, 5.74) is 2.42. The number of aromatic nitrogens is 2. The highest BCUT2D eigenvalue weighted by molar-refractivity contribution is 7.08. The van der Waals surface area contributed by atoms with E-state index in [0.717, 1.165) is 11.3 Å². The fraction of sp³-hybridized carbons (Fsp3) is 0.176. The van der Waals surface area contributed by atoms with Gasteiger partial charge in [0.05, 0.1) is 18.7 Å². The summed E-state index contributed by atoms with van der Waals surface area (Å²) in [4.78, 5) is 11.8. The number of rotatable bonds is 6. The summed E-state index contributed by atoms with van der Waals surface area (Å²) in [7, 11) is 0. The fourth-order valence-corrected chi connectivity index (χ4v) is 2.89. The average Bonchev–Trinajstić information content (AvgIpc) is 3.20. The zero-order valence-corrected chi connectivity index (χ0v) is 13.2. The number of hydrogen-bond acceptors (Lipinski definition) is 3. The van der Waals surface area contributed by atoms with Crippen LogP contribution in [0.4, 0.5) is 4.39 Å². The van der Waals surface area contributed by atoms with E-state index in [2.05, 4.69) is 10.4 Å². The van der Waals surface area contributed by atoms with Crippen molar-refractivity contribution in [2.75, 3.05) is 6.54 Å². The zero-order chi connectivity index (χ0) is 16.1. The van der Waals surface area contributed by atoms with Crippen LogP contribution in [0.25, 0.3) is 11.3 Å². The summed E-state index contributed by atoms with van der Waals surface area (Å²) in [6, 6.07) is 10.3. The maximum absolute atomic E-state index is 13.5. The van der Waals surface area contributed by atoms with Crippen molar-refractivity contribution in [3.63, 3.8) is 0 Å². The lowest BCUT2D eigenvalue weighted by Crippen LogP contribution is -2.29. The van der Waals surface area contributed by atoms with Gasteiger partial charge in [0.1, 0.15) is 5.82 Å². The first-order valence-electron chi connectivity index (χ1n) is 7.28. The first kappa shape index (κ1) is 15.4. The van der Waals surface area contributed by atoms with Crippen LogP contribution in [-0.2, 0) is 17.8 Å². The predicted molar refractivity (Wildman–Crippen MR) is 88.7 cm³/mol. The van der Waals surface area contributed by atoms with Crippen molar-refractivity contribution in [2.24, 2.45) is 0 Å². The van der Waals surface area contributed by atoms with Gasteiger partial charge in [0.15, 0.2) is 0 Å². The van der Waals surface area contributed by atoms with Crippen LogP contribution in [0.1, 0.15) is 5.56 Å². The van der Waals surface area contributed by atoms with Gasteiger partial charge in [-0.05, 0) is 29.1 Å². The Morgan fingerprint density at radius 1 is 1.26 bits per heavy atom. The van der Waals surface area contributed by atoms with Gasteiger partial charge in [-0.15, -0.1) is 0 Å². The van der Waals surface area contributed by atoms with Crippen molar-refractivity contribution >= 4 is 17.2 Å². The number of amides is 1. The molecule has 1 aromatic carbocycles. The lowest BCUT2D eigenvalue weighted by Gasteiger charge is -2.06. The second-order valence-electron chi connectivity index (χ2n) is 5.09. The second kappa shape index (κ2) is 7.19. The first-order valence-corrected chi connectivity index (χ1v) is 8.23. The summed E-state index contributed by atoms with van der Waals surface area (Å²) in [6.07, 6.45) is 1.93. The lowest BCUT2D eigenvalue weighted by atomic mass is 10.1. The number of carbonyl (C=O) groups is 1. The first-order chi connectivity index (χ1) is 11.2. The highest BCUT2D eigenvalue weighted by atomic mass is 32.1. The lowest BCUT2D eigenvalue weighted by molar-refractivity contribution is -0.120. The van der Waals surface area contributed by atoms with Crippen molar-refractivity contribution in [1.29, 1.82) is 0 Å².